The fourth-order valence-corrected chi connectivity index (χ4v) is 2.72. The van der Waals surface area contributed by atoms with E-state index in [0.717, 1.165) is 37.4 Å². The summed E-state index contributed by atoms with van der Waals surface area (Å²) >= 11 is 0. The summed E-state index contributed by atoms with van der Waals surface area (Å²) < 4.78 is 1.92. The van der Waals surface area contributed by atoms with Gasteiger partial charge in [-0.25, -0.2) is 9.67 Å². The molecule has 2 N–H and O–H groups in total. The van der Waals surface area contributed by atoms with Crippen LogP contribution in [0.4, 0.5) is 0 Å². The minimum absolute atomic E-state index is 0.318. The predicted molar refractivity (Wildman–Crippen MR) is 74.7 cm³/mol. The Morgan fingerprint density at radius 1 is 1.47 bits per heavy atom. The first-order valence-corrected chi connectivity index (χ1v) is 7.32. The van der Waals surface area contributed by atoms with Gasteiger partial charge in [-0.2, -0.15) is 5.10 Å². The molecule has 0 amide bonds. The van der Waals surface area contributed by atoms with Gasteiger partial charge in [-0.05, 0) is 45.4 Å². The van der Waals surface area contributed by atoms with Gasteiger partial charge in [-0.1, -0.05) is 6.92 Å². The molecule has 5 heteroatoms. The van der Waals surface area contributed by atoms with Crippen LogP contribution in [0.1, 0.15) is 58.3 Å². The molecule has 0 bridgehead atoms. The van der Waals surface area contributed by atoms with Crippen LogP contribution in [-0.2, 0) is 6.54 Å². The van der Waals surface area contributed by atoms with Gasteiger partial charge in [0, 0.05) is 12.6 Å². The molecule has 2 rings (SSSR count). The molecule has 19 heavy (non-hydrogen) atoms. The highest BCUT2D eigenvalue weighted by Crippen LogP contribution is 2.31. The molecule has 0 saturated heterocycles. The van der Waals surface area contributed by atoms with E-state index < -0.39 is 5.60 Å². The van der Waals surface area contributed by atoms with Crippen LogP contribution in [-0.4, -0.2) is 32.0 Å². The zero-order valence-corrected chi connectivity index (χ0v) is 12.3. The summed E-state index contributed by atoms with van der Waals surface area (Å²) in [5.41, 5.74) is -0.533. The number of aliphatic hydroxyl groups is 1. The summed E-state index contributed by atoms with van der Waals surface area (Å²) in [4.78, 5) is 4.26. The van der Waals surface area contributed by atoms with Crippen molar-refractivity contribution < 1.29 is 5.11 Å². The molecular formula is C14H26N4O. The Morgan fingerprint density at radius 3 is 2.79 bits per heavy atom. The number of hydrogen-bond donors (Lipinski definition) is 2. The van der Waals surface area contributed by atoms with Crippen LogP contribution in [0.25, 0.3) is 0 Å². The average Bonchev–Trinajstić information content (AvgIpc) is 2.82. The van der Waals surface area contributed by atoms with E-state index >= 15 is 0 Å². The summed E-state index contributed by atoms with van der Waals surface area (Å²) in [5, 5.41) is 18.0. The van der Waals surface area contributed by atoms with Gasteiger partial charge in [0.2, 0.25) is 0 Å². The third kappa shape index (κ3) is 3.76. The average molecular weight is 266 g/mol. The van der Waals surface area contributed by atoms with Gasteiger partial charge in [0.1, 0.15) is 12.2 Å². The van der Waals surface area contributed by atoms with Gasteiger partial charge in [-0.15, -0.1) is 0 Å². The van der Waals surface area contributed by atoms with Crippen molar-refractivity contribution in [2.24, 2.45) is 5.92 Å². The molecule has 1 aliphatic rings. The molecule has 1 heterocycles. The Hall–Kier alpha value is -0.940. The molecule has 1 fully saturated rings. The first-order valence-electron chi connectivity index (χ1n) is 7.32. The maximum atomic E-state index is 10.5. The van der Waals surface area contributed by atoms with Crippen molar-refractivity contribution in [3.63, 3.8) is 0 Å². The molecule has 1 aromatic rings. The first kappa shape index (κ1) is 14.5. The van der Waals surface area contributed by atoms with Crippen LogP contribution in [0.5, 0.6) is 0 Å². The standard InChI is InChI=1S/C14H26N4O/c1-11(2)18-13(16-10-17-18)8-15-9-14(19)6-4-12(3)5-7-14/h10-12,15,19H,4-9H2,1-3H3. The fraction of sp³-hybridized carbons (Fsp3) is 0.857. The SMILES string of the molecule is CC1CCC(O)(CNCc2ncnn2C(C)C)CC1. The number of aromatic nitrogens is 3. The topological polar surface area (TPSA) is 63.0 Å². The highest BCUT2D eigenvalue weighted by Gasteiger charge is 2.31. The summed E-state index contributed by atoms with van der Waals surface area (Å²) in [6, 6.07) is 0.318. The van der Waals surface area contributed by atoms with E-state index in [1.54, 1.807) is 6.33 Å². The molecule has 0 unspecified atom stereocenters. The van der Waals surface area contributed by atoms with Gasteiger partial charge in [-0.3, -0.25) is 0 Å². The predicted octanol–water partition coefficient (Wildman–Crippen LogP) is 1.89. The van der Waals surface area contributed by atoms with E-state index in [1.807, 2.05) is 4.68 Å². The summed E-state index contributed by atoms with van der Waals surface area (Å²) in [5.74, 6) is 1.69. The second kappa shape index (κ2) is 6.01. The van der Waals surface area contributed by atoms with Crippen molar-refractivity contribution in [2.75, 3.05) is 6.54 Å². The maximum Gasteiger partial charge on any atom is 0.141 e. The lowest BCUT2D eigenvalue weighted by atomic mass is 9.79. The molecule has 0 aliphatic heterocycles. The van der Waals surface area contributed by atoms with E-state index in [2.05, 4.69) is 36.2 Å². The van der Waals surface area contributed by atoms with Crippen molar-refractivity contribution in [1.82, 2.24) is 20.1 Å². The minimum Gasteiger partial charge on any atom is -0.389 e. The van der Waals surface area contributed by atoms with Gasteiger partial charge >= 0.3 is 0 Å². The number of nitrogens with zero attached hydrogens (tertiary/aromatic N) is 3. The summed E-state index contributed by atoms with van der Waals surface area (Å²) in [7, 11) is 0. The second-order valence-corrected chi connectivity index (χ2v) is 6.23. The maximum absolute atomic E-state index is 10.5. The van der Waals surface area contributed by atoms with Crippen LogP contribution in [0.15, 0.2) is 6.33 Å². The molecule has 0 radical (unpaired) electrons. The third-order valence-corrected chi connectivity index (χ3v) is 4.08. The number of hydrogen-bond acceptors (Lipinski definition) is 4. The van der Waals surface area contributed by atoms with E-state index in [-0.39, 0.29) is 0 Å². The molecule has 108 valence electrons. The van der Waals surface area contributed by atoms with E-state index in [0.29, 0.717) is 19.1 Å². The third-order valence-electron chi connectivity index (χ3n) is 4.08. The molecule has 0 aromatic carbocycles. The Balaban J connectivity index is 1.81. The first-order chi connectivity index (χ1) is 9.00. The molecule has 1 saturated carbocycles. The molecule has 1 aromatic heterocycles. The van der Waals surface area contributed by atoms with Crippen LogP contribution < -0.4 is 5.32 Å². The van der Waals surface area contributed by atoms with Crippen molar-refractivity contribution in [3.8, 4) is 0 Å². The largest absolute Gasteiger partial charge is 0.389 e. The highest BCUT2D eigenvalue weighted by molar-refractivity contribution is 4.90. The van der Waals surface area contributed by atoms with Gasteiger partial charge in [0.15, 0.2) is 0 Å². The van der Waals surface area contributed by atoms with Crippen LogP contribution in [0.2, 0.25) is 0 Å². The van der Waals surface area contributed by atoms with Crippen molar-refractivity contribution in [1.29, 1.82) is 0 Å². The smallest absolute Gasteiger partial charge is 0.141 e. The molecule has 0 atom stereocenters. The lowest BCUT2D eigenvalue weighted by Gasteiger charge is -2.35. The molecule has 0 spiro atoms. The van der Waals surface area contributed by atoms with Crippen LogP contribution in [0, 0.1) is 5.92 Å². The van der Waals surface area contributed by atoms with Gasteiger partial charge in [0.05, 0.1) is 12.1 Å². The normalized spacial score (nSPS) is 27.9. The Bertz CT molecular complexity index is 394. The van der Waals surface area contributed by atoms with Gasteiger partial charge in [0.25, 0.3) is 0 Å². The quantitative estimate of drug-likeness (QED) is 0.854. The van der Waals surface area contributed by atoms with Crippen molar-refractivity contribution in [2.45, 2.75) is 64.6 Å². The van der Waals surface area contributed by atoms with E-state index in [4.69, 9.17) is 0 Å². The monoisotopic (exact) mass is 266 g/mol. The Kier molecular flexibility index (Phi) is 4.58. The van der Waals surface area contributed by atoms with Crippen molar-refractivity contribution >= 4 is 0 Å². The number of nitrogens with one attached hydrogen (secondary N) is 1. The zero-order valence-electron chi connectivity index (χ0n) is 12.3. The molecule has 5 nitrogen and oxygen atoms in total. The Labute approximate surface area is 115 Å². The van der Waals surface area contributed by atoms with E-state index in [9.17, 15) is 5.11 Å². The fourth-order valence-electron chi connectivity index (χ4n) is 2.72. The zero-order chi connectivity index (χ0) is 13.9. The van der Waals surface area contributed by atoms with Crippen LogP contribution in [0.3, 0.4) is 0 Å². The lowest BCUT2D eigenvalue weighted by molar-refractivity contribution is -0.00648. The van der Waals surface area contributed by atoms with Crippen molar-refractivity contribution in [3.05, 3.63) is 12.2 Å². The highest BCUT2D eigenvalue weighted by atomic mass is 16.3. The minimum atomic E-state index is -0.533. The van der Waals surface area contributed by atoms with E-state index in [1.165, 1.54) is 0 Å². The van der Waals surface area contributed by atoms with Crippen LogP contribution >= 0.6 is 0 Å². The molecule has 1 aliphatic carbocycles. The van der Waals surface area contributed by atoms with Gasteiger partial charge < -0.3 is 10.4 Å². The summed E-state index contributed by atoms with van der Waals surface area (Å²) in [6.07, 6.45) is 5.64. The summed E-state index contributed by atoms with van der Waals surface area (Å²) in [6.45, 7) is 7.75. The number of rotatable bonds is 5. The Morgan fingerprint density at radius 2 is 2.16 bits per heavy atom. The molecular weight excluding hydrogens is 240 g/mol. The lowest BCUT2D eigenvalue weighted by Crippen LogP contribution is -2.43. The second-order valence-electron chi connectivity index (χ2n) is 6.23.